The van der Waals surface area contributed by atoms with Crippen LogP contribution in [0.2, 0.25) is 0 Å². The minimum atomic E-state index is -1.09. The third kappa shape index (κ3) is 6.56. The van der Waals surface area contributed by atoms with Crippen molar-refractivity contribution in [3.63, 3.8) is 0 Å². The van der Waals surface area contributed by atoms with Crippen LogP contribution in [0.1, 0.15) is 24.5 Å². The lowest BCUT2D eigenvalue weighted by Crippen LogP contribution is -2.42. The normalized spacial score (nSPS) is 12.3. The third-order valence-corrected chi connectivity index (χ3v) is 5.91. The number of thioether (sulfide) groups is 1. The number of hydrogen-bond acceptors (Lipinski definition) is 4. The highest BCUT2D eigenvalue weighted by atomic mass is 32.2. The molecule has 0 spiro atoms. The first-order valence-electron chi connectivity index (χ1n) is 10.3. The molecule has 0 fully saturated rings. The van der Waals surface area contributed by atoms with Gasteiger partial charge in [0, 0.05) is 18.2 Å². The molecule has 0 radical (unpaired) electrons. The molecular weight excluding hydrogens is 422 g/mol. The van der Waals surface area contributed by atoms with E-state index in [2.05, 4.69) is 5.32 Å². The quantitative estimate of drug-likeness (QED) is 0.465. The van der Waals surface area contributed by atoms with E-state index in [1.807, 2.05) is 72.8 Å². The average molecular weight is 448 g/mol. The van der Waals surface area contributed by atoms with Gasteiger partial charge < -0.3 is 10.4 Å². The monoisotopic (exact) mass is 447 g/mol. The summed E-state index contributed by atoms with van der Waals surface area (Å²) in [5, 5.41) is 14.2. The number of carbonyl (C=O) groups excluding carboxylic acids is 2. The van der Waals surface area contributed by atoms with Gasteiger partial charge in [0.2, 0.25) is 5.91 Å². The number of carbonyl (C=O) groups is 3. The predicted octanol–water partition coefficient (Wildman–Crippen LogP) is 4.71. The molecular formula is C26H25NO4S. The Morgan fingerprint density at radius 3 is 2.38 bits per heavy atom. The molecule has 3 rings (SSSR count). The van der Waals surface area contributed by atoms with E-state index < -0.39 is 17.9 Å². The molecule has 0 aromatic heterocycles. The zero-order valence-corrected chi connectivity index (χ0v) is 18.6. The molecule has 32 heavy (non-hydrogen) atoms. The van der Waals surface area contributed by atoms with Crippen LogP contribution < -0.4 is 5.32 Å². The number of hydrogen-bond donors (Lipinski definition) is 2. The first kappa shape index (κ1) is 23.3. The molecule has 0 bridgehead atoms. The van der Waals surface area contributed by atoms with Crippen molar-refractivity contribution in [2.45, 2.75) is 25.8 Å². The fourth-order valence-electron chi connectivity index (χ4n) is 3.38. The number of aliphatic carboxylic acids is 1. The molecule has 1 atom stereocenters. The number of carboxylic acid groups (broad SMARTS) is 1. The zero-order chi connectivity index (χ0) is 22.9. The van der Waals surface area contributed by atoms with Gasteiger partial charge in [0.15, 0.2) is 5.12 Å². The molecule has 0 aliphatic rings. The average Bonchev–Trinajstić information content (AvgIpc) is 2.79. The lowest BCUT2D eigenvalue weighted by atomic mass is 10.0. The van der Waals surface area contributed by atoms with Gasteiger partial charge in [-0.25, -0.2) is 4.79 Å². The Bertz CT molecular complexity index is 1140. The van der Waals surface area contributed by atoms with E-state index in [1.54, 1.807) is 6.08 Å². The van der Waals surface area contributed by atoms with Crippen LogP contribution in [0.15, 0.2) is 78.4 Å². The molecule has 6 heteroatoms. The summed E-state index contributed by atoms with van der Waals surface area (Å²) >= 11 is 1.02. The number of fused-ring (bicyclic) bond motifs is 1. The summed E-state index contributed by atoms with van der Waals surface area (Å²) in [7, 11) is 0. The molecule has 0 aliphatic heterocycles. The molecule has 1 amide bonds. The minimum Gasteiger partial charge on any atom is -0.480 e. The Kier molecular flexibility index (Phi) is 8.22. The largest absolute Gasteiger partial charge is 0.480 e. The van der Waals surface area contributed by atoms with Crippen molar-refractivity contribution in [1.29, 1.82) is 0 Å². The first-order valence-corrected chi connectivity index (χ1v) is 11.3. The lowest BCUT2D eigenvalue weighted by Gasteiger charge is -2.16. The molecule has 0 saturated heterocycles. The first-order chi connectivity index (χ1) is 15.4. The zero-order valence-electron chi connectivity index (χ0n) is 17.8. The van der Waals surface area contributed by atoms with Gasteiger partial charge in [-0.3, -0.25) is 9.59 Å². The molecule has 3 aromatic rings. The van der Waals surface area contributed by atoms with E-state index in [9.17, 15) is 19.5 Å². The molecule has 0 aliphatic carbocycles. The van der Waals surface area contributed by atoms with Crippen molar-refractivity contribution in [3.05, 3.63) is 89.5 Å². The maximum absolute atomic E-state index is 13.1. The summed E-state index contributed by atoms with van der Waals surface area (Å²) in [5.41, 5.74) is 2.20. The fraction of sp³-hybridized carbons (Fsp3) is 0.192. The van der Waals surface area contributed by atoms with Gasteiger partial charge in [-0.05, 0) is 40.8 Å². The summed E-state index contributed by atoms with van der Waals surface area (Å²) in [6.45, 7) is 1.44. The van der Waals surface area contributed by atoms with Crippen LogP contribution >= 0.6 is 11.8 Å². The van der Waals surface area contributed by atoms with Crippen LogP contribution in [0.3, 0.4) is 0 Å². The second-order valence-corrected chi connectivity index (χ2v) is 8.56. The van der Waals surface area contributed by atoms with Gasteiger partial charge >= 0.3 is 5.97 Å². The van der Waals surface area contributed by atoms with Crippen LogP contribution in [0.4, 0.5) is 0 Å². The van der Waals surface area contributed by atoms with Crippen molar-refractivity contribution in [2.75, 3.05) is 5.75 Å². The summed E-state index contributed by atoms with van der Waals surface area (Å²) in [5.74, 6) is -1.40. The van der Waals surface area contributed by atoms with Crippen molar-refractivity contribution < 1.29 is 19.5 Å². The lowest BCUT2D eigenvalue weighted by molar-refractivity contribution is -0.141. The maximum Gasteiger partial charge on any atom is 0.326 e. The molecule has 0 saturated carbocycles. The van der Waals surface area contributed by atoms with Crippen LogP contribution in [-0.2, 0) is 20.8 Å². The summed E-state index contributed by atoms with van der Waals surface area (Å²) < 4.78 is 0. The number of rotatable bonds is 9. The number of benzene rings is 3. The second kappa shape index (κ2) is 11.3. The highest BCUT2D eigenvalue weighted by Crippen LogP contribution is 2.22. The van der Waals surface area contributed by atoms with Crippen LogP contribution in [0.25, 0.3) is 16.8 Å². The number of nitrogens with one attached hydrogen (secondary N) is 1. The van der Waals surface area contributed by atoms with E-state index in [4.69, 9.17) is 0 Å². The van der Waals surface area contributed by atoms with Gasteiger partial charge in [-0.1, -0.05) is 84.6 Å². The van der Waals surface area contributed by atoms with E-state index in [0.29, 0.717) is 12.0 Å². The standard InChI is InChI=1S/C26H25NO4S/c1-18(28)32-17-22(16-21-12-7-11-20-10-5-6-13-23(20)21)25(29)27-24(26(30)31)15-14-19-8-3-2-4-9-19/h2-13,16,24H,14-15,17H2,1H3,(H,27,29)(H,30,31)/b22-16-/t24-/m0/s1. The summed E-state index contributed by atoms with van der Waals surface area (Å²) in [6, 6.07) is 22.1. The van der Waals surface area contributed by atoms with Crippen LogP contribution in [0.5, 0.6) is 0 Å². The van der Waals surface area contributed by atoms with Gasteiger partial charge in [-0.15, -0.1) is 0 Å². The molecule has 3 aromatic carbocycles. The highest BCUT2D eigenvalue weighted by Gasteiger charge is 2.22. The van der Waals surface area contributed by atoms with Crippen molar-refractivity contribution >= 4 is 45.6 Å². The molecule has 5 nitrogen and oxygen atoms in total. The highest BCUT2D eigenvalue weighted by molar-refractivity contribution is 8.13. The van der Waals surface area contributed by atoms with Gasteiger partial charge in [0.25, 0.3) is 0 Å². The SMILES string of the molecule is CC(=O)SC/C(=C/c1cccc2ccccc12)C(=O)N[C@@H](CCc1ccccc1)C(=O)O. The third-order valence-electron chi connectivity index (χ3n) is 5.04. The van der Waals surface area contributed by atoms with Gasteiger partial charge in [0.05, 0.1) is 0 Å². The fourth-order valence-corrected chi connectivity index (χ4v) is 3.95. The second-order valence-electron chi connectivity index (χ2n) is 7.41. The minimum absolute atomic E-state index is 0.111. The van der Waals surface area contributed by atoms with E-state index in [-0.39, 0.29) is 17.3 Å². The van der Waals surface area contributed by atoms with Gasteiger partial charge in [0.1, 0.15) is 6.04 Å². The maximum atomic E-state index is 13.1. The van der Waals surface area contributed by atoms with Crippen molar-refractivity contribution in [2.24, 2.45) is 0 Å². The molecule has 2 N–H and O–H groups in total. The summed E-state index contributed by atoms with van der Waals surface area (Å²) in [4.78, 5) is 36.4. The number of amides is 1. The molecule has 0 unspecified atom stereocenters. The topological polar surface area (TPSA) is 83.5 Å². The predicted molar refractivity (Wildman–Crippen MR) is 129 cm³/mol. The Labute approximate surface area is 191 Å². The smallest absolute Gasteiger partial charge is 0.326 e. The molecule has 0 heterocycles. The number of aryl methyl sites for hydroxylation is 1. The van der Waals surface area contributed by atoms with Crippen molar-refractivity contribution in [1.82, 2.24) is 5.32 Å². The molecule has 164 valence electrons. The van der Waals surface area contributed by atoms with Crippen molar-refractivity contribution in [3.8, 4) is 0 Å². The Balaban J connectivity index is 1.83. The summed E-state index contributed by atoms with van der Waals surface area (Å²) in [6.07, 6.45) is 2.54. The van der Waals surface area contributed by atoms with Crippen LogP contribution in [0, 0.1) is 0 Å². The van der Waals surface area contributed by atoms with Crippen LogP contribution in [-0.4, -0.2) is 33.9 Å². The van der Waals surface area contributed by atoms with Gasteiger partial charge in [-0.2, -0.15) is 0 Å². The Hall–Kier alpha value is -3.38. The van der Waals surface area contributed by atoms with E-state index >= 15 is 0 Å². The number of carboxylic acids is 1. The van der Waals surface area contributed by atoms with E-state index in [0.717, 1.165) is 33.7 Å². The van der Waals surface area contributed by atoms with E-state index in [1.165, 1.54) is 6.92 Å². The Morgan fingerprint density at radius 2 is 1.66 bits per heavy atom. The Morgan fingerprint density at radius 1 is 0.969 bits per heavy atom.